The molecule has 0 unspecified atom stereocenters. The Morgan fingerprint density at radius 1 is 1.03 bits per heavy atom. The molecule has 5 rings (SSSR count). The highest BCUT2D eigenvalue weighted by molar-refractivity contribution is 5.40. The van der Waals surface area contributed by atoms with Gasteiger partial charge in [-0.2, -0.15) is 0 Å². The Kier molecular flexibility index (Phi) is 5.55. The Morgan fingerprint density at radius 3 is 2.52 bits per heavy atom. The Bertz CT molecular complexity index is 792. The molecule has 5 aliphatic rings. The third-order valence-electron chi connectivity index (χ3n) is 10.3. The fourth-order valence-electron chi connectivity index (χ4n) is 8.22. The van der Waals surface area contributed by atoms with Gasteiger partial charge in [-0.05, 0) is 80.0 Å². The van der Waals surface area contributed by atoms with Crippen molar-refractivity contribution < 1.29 is 14.9 Å². The van der Waals surface area contributed by atoms with Gasteiger partial charge in [0.1, 0.15) is 0 Å². The molecule has 0 aromatic heterocycles. The van der Waals surface area contributed by atoms with Gasteiger partial charge in [-0.1, -0.05) is 56.2 Å². The van der Waals surface area contributed by atoms with Crippen LogP contribution in [0.15, 0.2) is 35.5 Å². The first kappa shape index (κ1) is 21.9. The zero-order valence-corrected chi connectivity index (χ0v) is 19.9. The second-order valence-corrected chi connectivity index (χ2v) is 11.9. The van der Waals surface area contributed by atoms with Gasteiger partial charge < -0.3 is 14.9 Å². The van der Waals surface area contributed by atoms with E-state index in [2.05, 4.69) is 45.1 Å². The zero-order valence-electron chi connectivity index (χ0n) is 19.9. The number of ether oxygens (including phenoxy) is 1. The molecule has 0 amide bonds. The van der Waals surface area contributed by atoms with Crippen LogP contribution in [0.5, 0.6) is 0 Å². The van der Waals surface area contributed by atoms with E-state index >= 15 is 0 Å². The molecule has 31 heavy (non-hydrogen) atoms. The van der Waals surface area contributed by atoms with Crippen LogP contribution in [-0.2, 0) is 4.74 Å². The van der Waals surface area contributed by atoms with Crippen LogP contribution in [0.3, 0.4) is 0 Å². The molecule has 2 N–H and O–H groups in total. The Hall–Kier alpha value is -0.900. The van der Waals surface area contributed by atoms with Crippen molar-refractivity contribution in [2.45, 2.75) is 90.4 Å². The minimum atomic E-state index is -0.437. The Labute approximate surface area is 188 Å². The maximum atomic E-state index is 11.1. The average Bonchev–Trinajstić information content (AvgIpc) is 3.50. The zero-order chi connectivity index (χ0) is 22.0. The van der Waals surface area contributed by atoms with Crippen molar-refractivity contribution in [3.63, 3.8) is 0 Å². The summed E-state index contributed by atoms with van der Waals surface area (Å²) in [7, 11) is 1.85. The highest BCUT2D eigenvalue weighted by Crippen LogP contribution is 2.66. The molecular formula is C28H42O3. The SMILES string of the molecule is CO[C@H](/C=C/[C@H](C)[C@H]1CC[C@H]2C3=CC=C4C[C@@H](O)C[C@H](O)[C@]4(C)[C@H]3CC[C@]12C)C1CC1. The van der Waals surface area contributed by atoms with Crippen LogP contribution in [0, 0.1) is 40.4 Å². The molecule has 4 fully saturated rings. The molecule has 9 atom stereocenters. The summed E-state index contributed by atoms with van der Waals surface area (Å²) < 4.78 is 5.72. The van der Waals surface area contributed by atoms with Crippen LogP contribution in [0.4, 0.5) is 0 Å². The van der Waals surface area contributed by atoms with Crippen molar-refractivity contribution in [3.8, 4) is 0 Å². The molecule has 0 bridgehead atoms. The van der Waals surface area contributed by atoms with E-state index < -0.39 is 12.2 Å². The van der Waals surface area contributed by atoms with E-state index in [4.69, 9.17) is 4.74 Å². The molecule has 0 heterocycles. The summed E-state index contributed by atoms with van der Waals surface area (Å²) in [6.07, 6.45) is 17.8. The van der Waals surface area contributed by atoms with Gasteiger partial charge >= 0.3 is 0 Å². The lowest BCUT2D eigenvalue weighted by atomic mass is 9.49. The molecule has 4 saturated carbocycles. The normalized spacial score (nSPS) is 46.6. The van der Waals surface area contributed by atoms with Crippen molar-refractivity contribution in [1.82, 2.24) is 0 Å². The molecule has 0 aliphatic heterocycles. The van der Waals surface area contributed by atoms with Gasteiger partial charge in [0.15, 0.2) is 0 Å². The van der Waals surface area contributed by atoms with Crippen LogP contribution >= 0.6 is 0 Å². The van der Waals surface area contributed by atoms with E-state index in [9.17, 15) is 10.2 Å². The first-order valence-electron chi connectivity index (χ1n) is 12.8. The summed E-state index contributed by atoms with van der Waals surface area (Å²) in [6, 6.07) is 0. The molecular weight excluding hydrogens is 384 g/mol. The van der Waals surface area contributed by atoms with E-state index in [1.54, 1.807) is 5.57 Å². The van der Waals surface area contributed by atoms with Crippen molar-refractivity contribution in [3.05, 3.63) is 35.5 Å². The van der Waals surface area contributed by atoms with Gasteiger partial charge in [-0.15, -0.1) is 0 Å². The van der Waals surface area contributed by atoms with Crippen LogP contribution in [-0.4, -0.2) is 35.6 Å². The second kappa shape index (κ2) is 7.85. The molecule has 3 nitrogen and oxygen atoms in total. The van der Waals surface area contributed by atoms with Gasteiger partial charge in [-0.25, -0.2) is 0 Å². The quantitative estimate of drug-likeness (QED) is 0.576. The van der Waals surface area contributed by atoms with Crippen LogP contribution in [0.2, 0.25) is 0 Å². The van der Waals surface area contributed by atoms with Crippen molar-refractivity contribution >= 4 is 0 Å². The molecule has 0 aromatic rings. The summed E-state index contributed by atoms with van der Waals surface area (Å²) in [5.74, 6) is 3.09. The highest BCUT2D eigenvalue weighted by atomic mass is 16.5. The Morgan fingerprint density at radius 2 is 1.81 bits per heavy atom. The predicted molar refractivity (Wildman–Crippen MR) is 124 cm³/mol. The van der Waals surface area contributed by atoms with Crippen LogP contribution < -0.4 is 0 Å². The maximum absolute atomic E-state index is 11.1. The minimum Gasteiger partial charge on any atom is -0.393 e. The number of fused-ring (bicyclic) bond motifs is 5. The first-order chi connectivity index (χ1) is 14.8. The summed E-state index contributed by atoms with van der Waals surface area (Å²) in [4.78, 5) is 0. The van der Waals surface area contributed by atoms with Gasteiger partial charge in [0.25, 0.3) is 0 Å². The monoisotopic (exact) mass is 426 g/mol. The number of hydrogen-bond donors (Lipinski definition) is 2. The Balaban J connectivity index is 1.38. The van der Waals surface area contributed by atoms with Crippen molar-refractivity contribution in [2.24, 2.45) is 40.4 Å². The maximum Gasteiger partial charge on any atom is 0.0780 e. The molecule has 5 aliphatic carbocycles. The lowest BCUT2D eigenvalue weighted by Crippen LogP contribution is -2.52. The topological polar surface area (TPSA) is 49.7 Å². The second-order valence-electron chi connectivity index (χ2n) is 11.9. The summed E-state index contributed by atoms with van der Waals surface area (Å²) >= 11 is 0. The van der Waals surface area contributed by atoms with Gasteiger partial charge in [0, 0.05) is 18.9 Å². The molecule has 3 heteroatoms. The fraction of sp³-hybridized carbons (Fsp3) is 0.786. The largest absolute Gasteiger partial charge is 0.393 e. The first-order valence-corrected chi connectivity index (χ1v) is 12.8. The van der Waals surface area contributed by atoms with E-state index in [0.29, 0.717) is 41.6 Å². The third-order valence-corrected chi connectivity index (χ3v) is 10.3. The lowest BCUT2D eigenvalue weighted by molar-refractivity contribution is -0.0537. The summed E-state index contributed by atoms with van der Waals surface area (Å²) in [5, 5.41) is 21.3. The van der Waals surface area contributed by atoms with Gasteiger partial charge in [-0.3, -0.25) is 0 Å². The number of methoxy groups -OCH3 is 1. The average molecular weight is 427 g/mol. The van der Waals surface area contributed by atoms with Crippen molar-refractivity contribution in [2.75, 3.05) is 7.11 Å². The standard InChI is InChI=1S/C28H42O3/c1-17(5-12-25(31-4)18-6-7-18)22-10-11-23-21-9-8-19-15-20(29)16-26(30)28(19,3)24(21)13-14-27(22,23)2/h5,8-9,12,17-18,20,22-26,29-30H,6-7,10-11,13-16H2,1-4H3/b12-5+/t17-,20+,22+,23-,24-,25+,26-,27+,28-/m0/s1. The smallest absolute Gasteiger partial charge is 0.0780 e. The number of hydrogen-bond acceptors (Lipinski definition) is 3. The van der Waals surface area contributed by atoms with E-state index in [1.807, 2.05) is 7.11 Å². The summed E-state index contributed by atoms with van der Waals surface area (Å²) in [5.41, 5.74) is 3.02. The van der Waals surface area contributed by atoms with Crippen molar-refractivity contribution in [1.29, 1.82) is 0 Å². The van der Waals surface area contributed by atoms with E-state index in [0.717, 1.165) is 18.8 Å². The summed E-state index contributed by atoms with van der Waals surface area (Å²) in [6.45, 7) is 7.24. The third kappa shape index (κ3) is 3.42. The minimum absolute atomic E-state index is 0.190. The number of allylic oxidation sites excluding steroid dienone is 4. The molecule has 172 valence electrons. The molecule has 0 spiro atoms. The van der Waals surface area contributed by atoms with Crippen LogP contribution in [0.25, 0.3) is 0 Å². The van der Waals surface area contributed by atoms with E-state index in [-0.39, 0.29) is 5.41 Å². The fourth-order valence-corrected chi connectivity index (χ4v) is 8.22. The number of aliphatic hydroxyl groups excluding tert-OH is 2. The van der Waals surface area contributed by atoms with Gasteiger partial charge in [0.2, 0.25) is 0 Å². The highest BCUT2D eigenvalue weighted by Gasteiger charge is 2.58. The van der Waals surface area contributed by atoms with Crippen LogP contribution in [0.1, 0.15) is 72.1 Å². The van der Waals surface area contributed by atoms with E-state index in [1.165, 1.54) is 37.7 Å². The lowest BCUT2D eigenvalue weighted by Gasteiger charge is -2.56. The predicted octanol–water partition coefficient (Wildman–Crippen LogP) is 5.43. The molecule has 0 aromatic carbocycles. The number of aliphatic hydroxyl groups is 2. The number of rotatable bonds is 5. The molecule has 0 saturated heterocycles. The van der Waals surface area contributed by atoms with Gasteiger partial charge in [0.05, 0.1) is 18.3 Å². The molecule has 0 radical (unpaired) electrons.